The van der Waals surface area contributed by atoms with E-state index in [2.05, 4.69) is 21.0 Å². The largest absolute Gasteiger partial charge is 0.450 e. The number of thiophene rings is 2. The van der Waals surface area contributed by atoms with Gasteiger partial charge in [0.1, 0.15) is 0 Å². The van der Waals surface area contributed by atoms with Gasteiger partial charge in [0.2, 0.25) is 5.76 Å². The molecule has 0 bridgehead atoms. The van der Waals surface area contributed by atoms with E-state index < -0.39 is 12.6 Å². The van der Waals surface area contributed by atoms with Crippen molar-refractivity contribution in [2.45, 2.75) is 12.5 Å². The van der Waals surface area contributed by atoms with Crippen LogP contribution in [0, 0.1) is 0 Å². The van der Waals surface area contributed by atoms with E-state index in [1.807, 2.05) is 35.0 Å². The standard InChI is InChI=1S/C18H13BrN2O4S2/c19-16-6-5-13(25-16)18(23)24-10-17(22)21-12(15-4-2-8-27-15)9-11(20-21)14-3-1-7-26-14/h1-8,12H,9-10H2. The van der Waals surface area contributed by atoms with Gasteiger partial charge < -0.3 is 9.15 Å². The highest BCUT2D eigenvalue weighted by Gasteiger charge is 2.34. The van der Waals surface area contributed by atoms with Crippen molar-refractivity contribution in [2.24, 2.45) is 5.10 Å². The van der Waals surface area contributed by atoms with Gasteiger partial charge in [-0.1, -0.05) is 12.1 Å². The van der Waals surface area contributed by atoms with E-state index in [0.29, 0.717) is 11.1 Å². The quantitative estimate of drug-likeness (QED) is 0.512. The van der Waals surface area contributed by atoms with Gasteiger partial charge in [-0.2, -0.15) is 5.10 Å². The van der Waals surface area contributed by atoms with Gasteiger partial charge in [0, 0.05) is 11.3 Å². The second kappa shape index (κ2) is 7.79. The number of halogens is 1. The van der Waals surface area contributed by atoms with Crippen molar-refractivity contribution >= 4 is 56.2 Å². The highest BCUT2D eigenvalue weighted by molar-refractivity contribution is 9.10. The van der Waals surface area contributed by atoms with Crippen molar-refractivity contribution in [2.75, 3.05) is 6.61 Å². The third-order valence-electron chi connectivity index (χ3n) is 3.94. The number of carbonyl (C=O) groups is 2. The number of furan rings is 1. The van der Waals surface area contributed by atoms with Crippen molar-refractivity contribution in [3.05, 3.63) is 67.3 Å². The molecule has 0 aliphatic carbocycles. The third kappa shape index (κ3) is 3.90. The molecular weight excluding hydrogens is 452 g/mol. The van der Waals surface area contributed by atoms with Gasteiger partial charge in [0.15, 0.2) is 11.3 Å². The summed E-state index contributed by atoms with van der Waals surface area (Å²) in [7, 11) is 0. The maximum atomic E-state index is 12.7. The predicted octanol–water partition coefficient (Wildman–Crippen LogP) is 4.70. The normalized spacial score (nSPS) is 16.4. The molecule has 0 radical (unpaired) electrons. The molecule has 1 atom stereocenters. The number of carbonyl (C=O) groups excluding carboxylic acids is 2. The Balaban J connectivity index is 1.49. The highest BCUT2D eigenvalue weighted by atomic mass is 79.9. The molecule has 0 fully saturated rings. The molecule has 9 heteroatoms. The van der Waals surface area contributed by atoms with Crippen LogP contribution in [0.5, 0.6) is 0 Å². The van der Waals surface area contributed by atoms with Crippen LogP contribution < -0.4 is 0 Å². The maximum Gasteiger partial charge on any atom is 0.374 e. The van der Waals surface area contributed by atoms with Crippen LogP contribution in [0.1, 0.15) is 32.8 Å². The van der Waals surface area contributed by atoms with E-state index in [1.54, 1.807) is 28.7 Å². The Morgan fingerprint density at radius 2 is 2.04 bits per heavy atom. The van der Waals surface area contributed by atoms with Gasteiger partial charge in [-0.15, -0.1) is 22.7 Å². The molecular formula is C18H13BrN2O4S2. The molecule has 0 N–H and O–H groups in total. The van der Waals surface area contributed by atoms with Gasteiger partial charge in [0.25, 0.3) is 5.91 Å². The Kier molecular flexibility index (Phi) is 5.24. The summed E-state index contributed by atoms with van der Waals surface area (Å²) < 4.78 is 10.7. The van der Waals surface area contributed by atoms with Crippen LogP contribution in [0.4, 0.5) is 0 Å². The average molecular weight is 465 g/mol. The van der Waals surface area contributed by atoms with E-state index in [0.717, 1.165) is 15.5 Å². The van der Waals surface area contributed by atoms with Gasteiger partial charge in [0.05, 0.1) is 16.6 Å². The van der Waals surface area contributed by atoms with E-state index in [9.17, 15) is 9.59 Å². The molecule has 0 saturated heterocycles. The lowest BCUT2D eigenvalue weighted by molar-refractivity contribution is -0.136. The van der Waals surface area contributed by atoms with E-state index in [-0.39, 0.29) is 17.7 Å². The Bertz CT molecular complexity index is 979. The number of hydrogen-bond donors (Lipinski definition) is 0. The minimum absolute atomic E-state index is 0.0358. The van der Waals surface area contributed by atoms with Crippen LogP contribution in [0.2, 0.25) is 0 Å². The summed E-state index contributed by atoms with van der Waals surface area (Å²) in [6.07, 6.45) is 0.631. The summed E-state index contributed by atoms with van der Waals surface area (Å²) >= 11 is 6.28. The Hall–Kier alpha value is -2.23. The fourth-order valence-corrected chi connectivity index (χ4v) is 4.56. The van der Waals surface area contributed by atoms with Gasteiger partial charge >= 0.3 is 5.97 Å². The Morgan fingerprint density at radius 3 is 2.70 bits per heavy atom. The average Bonchev–Trinajstić information content (AvgIpc) is 3.45. The van der Waals surface area contributed by atoms with Crippen LogP contribution in [-0.4, -0.2) is 29.2 Å². The molecule has 27 heavy (non-hydrogen) atoms. The molecule has 1 aliphatic rings. The zero-order chi connectivity index (χ0) is 18.8. The first kappa shape index (κ1) is 18.1. The van der Waals surface area contributed by atoms with Crippen molar-refractivity contribution < 1.29 is 18.7 Å². The first-order valence-electron chi connectivity index (χ1n) is 8.01. The lowest BCUT2D eigenvalue weighted by Crippen LogP contribution is -2.31. The second-order valence-corrected chi connectivity index (χ2v) is 8.39. The fourth-order valence-electron chi connectivity index (χ4n) is 2.72. The second-order valence-electron chi connectivity index (χ2n) is 5.68. The van der Waals surface area contributed by atoms with Gasteiger partial charge in [-0.05, 0) is 51.0 Å². The minimum Gasteiger partial charge on any atom is -0.450 e. The van der Waals surface area contributed by atoms with Crippen LogP contribution in [0.25, 0.3) is 0 Å². The van der Waals surface area contributed by atoms with Crippen LogP contribution in [0.3, 0.4) is 0 Å². The van der Waals surface area contributed by atoms with Crippen molar-refractivity contribution in [3.63, 3.8) is 0 Å². The zero-order valence-corrected chi connectivity index (χ0v) is 17.1. The molecule has 1 unspecified atom stereocenters. The summed E-state index contributed by atoms with van der Waals surface area (Å²) in [6, 6.07) is 10.7. The molecule has 6 nitrogen and oxygen atoms in total. The lowest BCUT2D eigenvalue weighted by Gasteiger charge is -2.20. The molecule has 3 aromatic heterocycles. The minimum atomic E-state index is -0.691. The molecule has 138 valence electrons. The van der Waals surface area contributed by atoms with E-state index in [4.69, 9.17) is 9.15 Å². The molecule has 0 aromatic carbocycles. The monoisotopic (exact) mass is 464 g/mol. The number of hydrazone groups is 1. The summed E-state index contributed by atoms with van der Waals surface area (Å²) in [5, 5.41) is 9.89. The highest BCUT2D eigenvalue weighted by Crippen LogP contribution is 2.35. The molecule has 4 heterocycles. The summed E-state index contributed by atoms with van der Waals surface area (Å²) in [6.45, 7) is -0.403. The van der Waals surface area contributed by atoms with E-state index in [1.165, 1.54) is 11.1 Å². The lowest BCUT2D eigenvalue weighted by atomic mass is 10.1. The first-order valence-corrected chi connectivity index (χ1v) is 10.6. The number of ether oxygens (including phenoxy) is 1. The fraction of sp³-hybridized carbons (Fsp3) is 0.167. The molecule has 1 aliphatic heterocycles. The van der Waals surface area contributed by atoms with Crippen molar-refractivity contribution in [1.82, 2.24) is 5.01 Å². The number of hydrogen-bond acceptors (Lipinski definition) is 7. The molecule has 1 amide bonds. The number of amides is 1. The maximum absolute atomic E-state index is 12.7. The van der Waals surface area contributed by atoms with Crippen LogP contribution in [0.15, 0.2) is 61.3 Å². The Labute approximate surface area is 171 Å². The molecule has 0 spiro atoms. The zero-order valence-electron chi connectivity index (χ0n) is 13.8. The van der Waals surface area contributed by atoms with Crippen LogP contribution in [-0.2, 0) is 9.53 Å². The molecule has 3 aromatic rings. The SMILES string of the molecule is O=C(OCC(=O)N1N=C(c2cccs2)CC1c1cccs1)c1ccc(Br)o1. The van der Waals surface area contributed by atoms with Gasteiger partial charge in [-0.25, -0.2) is 9.80 Å². The molecule has 0 saturated carbocycles. The summed E-state index contributed by atoms with van der Waals surface area (Å²) in [5.74, 6) is -1.03. The number of rotatable bonds is 5. The summed E-state index contributed by atoms with van der Waals surface area (Å²) in [4.78, 5) is 26.8. The van der Waals surface area contributed by atoms with Crippen molar-refractivity contribution in [3.8, 4) is 0 Å². The Morgan fingerprint density at radius 1 is 1.22 bits per heavy atom. The molecule has 4 rings (SSSR count). The van der Waals surface area contributed by atoms with Gasteiger partial charge in [-0.3, -0.25) is 4.79 Å². The number of esters is 1. The van der Waals surface area contributed by atoms with Crippen LogP contribution >= 0.6 is 38.6 Å². The smallest absolute Gasteiger partial charge is 0.374 e. The first-order chi connectivity index (χ1) is 13.1. The summed E-state index contributed by atoms with van der Waals surface area (Å²) in [5.41, 5.74) is 0.859. The van der Waals surface area contributed by atoms with E-state index >= 15 is 0 Å². The number of nitrogens with zero attached hydrogens (tertiary/aromatic N) is 2. The third-order valence-corrected chi connectivity index (χ3v) is 6.26. The predicted molar refractivity (Wildman–Crippen MR) is 106 cm³/mol. The van der Waals surface area contributed by atoms with Crippen molar-refractivity contribution in [1.29, 1.82) is 0 Å². The topological polar surface area (TPSA) is 72.1 Å².